The van der Waals surface area contributed by atoms with Crippen LogP contribution in [0.5, 0.6) is 5.75 Å². The van der Waals surface area contributed by atoms with Gasteiger partial charge in [-0.2, -0.15) is 0 Å². The average Bonchev–Trinajstić information content (AvgIpc) is 3.12. The van der Waals surface area contributed by atoms with Gasteiger partial charge in [0.25, 0.3) is 5.56 Å². The van der Waals surface area contributed by atoms with Crippen LogP contribution in [0.25, 0.3) is 33.8 Å². The van der Waals surface area contributed by atoms with E-state index in [4.69, 9.17) is 4.74 Å². The largest absolute Gasteiger partial charge is 0.493 e. The number of aromatic amines is 2. The SMILES string of the molecule is CCOc1cc(-c2ccccn2)ccc1-c1nc2[nH]cnc2c(=O)[nH]1. The second kappa shape index (κ2) is 6.20. The van der Waals surface area contributed by atoms with Gasteiger partial charge in [-0.1, -0.05) is 12.1 Å². The molecule has 7 nitrogen and oxygen atoms in total. The van der Waals surface area contributed by atoms with Crippen molar-refractivity contribution in [3.8, 4) is 28.4 Å². The number of benzene rings is 1. The fourth-order valence-electron chi connectivity index (χ4n) is 2.66. The summed E-state index contributed by atoms with van der Waals surface area (Å²) in [5.74, 6) is 1.06. The Balaban J connectivity index is 1.86. The number of aromatic nitrogens is 5. The van der Waals surface area contributed by atoms with Gasteiger partial charge >= 0.3 is 0 Å². The summed E-state index contributed by atoms with van der Waals surface area (Å²) in [6.45, 7) is 2.40. The zero-order valence-corrected chi connectivity index (χ0v) is 13.5. The fraction of sp³-hybridized carbons (Fsp3) is 0.111. The molecule has 0 unspecified atom stereocenters. The smallest absolute Gasteiger partial charge is 0.279 e. The molecule has 0 aliphatic rings. The van der Waals surface area contributed by atoms with Gasteiger partial charge in [0.2, 0.25) is 0 Å². The van der Waals surface area contributed by atoms with Crippen LogP contribution in [-0.2, 0) is 0 Å². The van der Waals surface area contributed by atoms with Crippen molar-refractivity contribution in [2.75, 3.05) is 6.61 Å². The van der Waals surface area contributed by atoms with Crippen molar-refractivity contribution in [1.82, 2.24) is 24.9 Å². The van der Waals surface area contributed by atoms with E-state index >= 15 is 0 Å². The zero-order valence-electron chi connectivity index (χ0n) is 13.5. The minimum absolute atomic E-state index is 0.284. The molecule has 0 saturated carbocycles. The molecular formula is C18H15N5O2. The van der Waals surface area contributed by atoms with Crippen molar-refractivity contribution in [3.63, 3.8) is 0 Å². The van der Waals surface area contributed by atoms with Crippen LogP contribution in [0.1, 0.15) is 6.92 Å². The summed E-state index contributed by atoms with van der Waals surface area (Å²) in [5.41, 5.74) is 2.91. The van der Waals surface area contributed by atoms with Crippen LogP contribution in [0.3, 0.4) is 0 Å². The van der Waals surface area contributed by atoms with Crippen molar-refractivity contribution >= 4 is 11.2 Å². The normalized spacial score (nSPS) is 10.9. The van der Waals surface area contributed by atoms with Gasteiger partial charge in [0.15, 0.2) is 11.2 Å². The first-order valence-electron chi connectivity index (χ1n) is 7.88. The highest BCUT2D eigenvalue weighted by Gasteiger charge is 2.14. The van der Waals surface area contributed by atoms with Gasteiger partial charge in [-0.25, -0.2) is 9.97 Å². The summed E-state index contributed by atoms with van der Waals surface area (Å²) >= 11 is 0. The van der Waals surface area contributed by atoms with Crippen molar-refractivity contribution < 1.29 is 4.74 Å². The Morgan fingerprint density at radius 3 is 2.88 bits per heavy atom. The number of imidazole rings is 1. The van der Waals surface area contributed by atoms with E-state index in [9.17, 15) is 4.79 Å². The summed E-state index contributed by atoms with van der Waals surface area (Å²) < 4.78 is 5.77. The maximum absolute atomic E-state index is 12.2. The van der Waals surface area contributed by atoms with E-state index in [1.807, 2.05) is 43.3 Å². The lowest BCUT2D eigenvalue weighted by Gasteiger charge is -2.11. The fourth-order valence-corrected chi connectivity index (χ4v) is 2.66. The summed E-state index contributed by atoms with van der Waals surface area (Å²) in [4.78, 5) is 30.6. The monoisotopic (exact) mass is 333 g/mol. The molecule has 0 aliphatic carbocycles. The number of nitrogens with zero attached hydrogens (tertiary/aromatic N) is 3. The van der Waals surface area contributed by atoms with Gasteiger partial charge in [0.05, 0.1) is 24.2 Å². The van der Waals surface area contributed by atoms with Crippen LogP contribution in [0.2, 0.25) is 0 Å². The molecule has 0 spiro atoms. The first-order valence-corrected chi connectivity index (χ1v) is 7.88. The topological polar surface area (TPSA) is 96.6 Å². The number of pyridine rings is 1. The molecule has 0 aliphatic heterocycles. The molecule has 0 radical (unpaired) electrons. The number of rotatable bonds is 4. The number of H-pyrrole nitrogens is 2. The van der Waals surface area contributed by atoms with Gasteiger partial charge in [0.1, 0.15) is 11.6 Å². The van der Waals surface area contributed by atoms with E-state index in [0.29, 0.717) is 29.4 Å². The zero-order chi connectivity index (χ0) is 17.2. The van der Waals surface area contributed by atoms with Crippen molar-refractivity contribution in [2.45, 2.75) is 6.92 Å². The first-order chi connectivity index (χ1) is 12.3. The Hall–Kier alpha value is -3.48. The van der Waals surface area contributed by atoms with Crippen molar-refractivity contribution in [2.24, 2.45) is 0 Å². The first kappa shape index (κ1) is 15.1. The van der Waals surface area contributed by atoms with E-state index in [2.05, 4.69) is 24.9 Å². The number of fused-ring (bicyclic) bond motifs is 1. The predicted octanol–water partition coefficient (Wildman–Crippen LogP) is 2.77. The Kier molecular flexibility index (Phi) is 3.74. The molecule has 3 aromatic heterocycles. The molecule has 3 heterocycles. The number of hydrogen-bond donors (Lipinski definition) is 2. The van der Waals surface area contributed by atoms with Crippen LogP contribution in [0.15, 0.2) is 53.7 Å². The molecule has 7 heteroatoms. The van der Waals surface area contributed by atoms with E-state index in [-0.39, 0.29) is 11.1 Å². The van der Waals surface area contributed by atoms with E-state index in [1.165, 1.54) is 6.33 Å². The summed E-state index contributed by atoms with van der Waals surface area (Å²) in [6, 6.07) is 11.4. The number of nitrogens with one attached hydrogen (secondary N) is 2. The summed E-state index contributed by atoms with van der Waals surface area (Å²) in [6.07, 6.45) is 3.19. The highest BCUT2D eigenvalue weighted by molar-refractivity contribution is 5.76. The molecule has 4 aromatic rings. The molecular weight excluding hydrogens is 318 g/mol. The lowest BCUT2D eigenvalue weighted by molar-refractivity contribution is 0.341. The third-order valence-electron chi connectivity index (χ3n) is 3.79. The Bertz CT molecular complexity index is 1090. The van der Waals surface area contributed by atoms with Crippen LogP contribution < -0.4 is 10.3 Å². The maximum atomic E-state index is 12.2. The van der Waals surface area contributed by atoms with Gasteiger partial charge in [-0.3, -0.25) is 9.78 Å². The molecule has 4 rings (SSSR count). The number of ether oxygens (including phenoxy) is 1. The standard InChI is InChI=1S/C18H15N5O2/c1-2-25-14-9-11(13-5-3-4-8-19-13)6-7-12(14)16-22-17-15(18(24)23-16)20-10-21-17/h3-10H,2H2,1H3,(H2,20,21,22,23,24). The average molecular weight is 333 g/mol. The highest BCUT2D eigenvalue weighted by atomic mass is 16.5. The van der Waals surface area contributed by atoms with E-state index in [0.717, 1.165) is 11.3 Å². The third-order valence-corrected chi connectivity index (χ3v) is 3.79. The molecule has 2 N–H and O–H groups in total. The molecule has 0 atom stereocenters. The van der Waals surface area contributed by atoms with Crippen molar-refractivity contribution in [3.05, 3.63) is 59.3 Å². The lowest BCUT2D eigenvalue weighted by atomic mass is 10.1. The van der Waals surface area contributed by atoms with Crippen LogP contribution in [-0.4, -0.2) is 31.5 Å². The summed E-state index contributed by atoms with van der Waals surface area (Å²) in [5, 5.41) is 0. The van der Waals surface area contributed by atoms with E-state index < -0.39 is 0 Å². The third kappa shape index (κ3) is 2.76. The van der Waals surface area contributed by atoms with Gasteiger partial charge in [-0.05, 0) is 31.2 Å². The highest BCUT2D eigenvalue weighted by Crippen LogP contribution is 2.32. The molecule has 0 amide bonds. The second-order valence-electron chi connectivity index (χ2n) is 5.37. The van der Waals surface area contributed by atoms with E-state index in [1.54, 1.807) is 6.20 Å². The molecule has 0 saturated heterocycles. The molecule has 25 heavy (non-hydrogen) atoms. The second-order valence-corrected chi connectivity index (χ2v) is 5.37. The lowest BCUT2D eigenvalue weighted by Crippen LogP contribution is -2.10. The molecule has 124 valence electrons. The van der Waals surface area contributed by atoms with Crippen LogP contribution in [0.4, 0.5) is 0 Å². The van der Waals surface area contributed by atoms with Gasteiger partial charge in [0, 0.05) is 11.8 Å². The minimum Gasteiger partial charge on any atom is -0.493 e. The maximum Gasteiger partial charge on any atom is 0.279 e. The Labute approximate surface area is 142 Å². The van der Waals surface area contributed by atoms with Crippen LogP contribution in [0, 0.1) is 0 Å². The van der Waals surface area contributed by atoms with Gasteiger partial charge in [-0.15, -0.1) is 0 Å². The molecule has 1 aromatic carbocycles. The number of hydrogen-bond acceptors (Lipinski definition) is 5. The van der Waals surface area contributed by atoms with Crippen LogP contribution >= 0.6 is 0 Å². The Morgan fingerprint density at radius 2 is 2.08 bits per heavy atom. The Morgan fingerprint density at radius 1 is 1.16 bits per heavy atom. The summed E-state index contributed by atoms with van der Waals surface area (Å²) in [7, 11) is 0. The van der Waals surface area contributed by atoms with Gasteiger partial charge < -0.3 is 14.7 Å². The van der Waals surface area contributed by atoms with Crippen molar-refractivity contribution in [1.29, 1.82) is 0 Å². The quantitative estimate of drug-likeness (QED) is 0.598. The molecule has 0 fully saturated rings. The minimum atomic E-state index is -0.294. The molecule has 0 bridgehead atoms. The predicted molar refractivity (Wildman–Crippen MR) is 94.3 cm³/mol.